The van der Waals surface area contributed by atoms with Crippen LogP contribution in [0.5, 0.6) is 0 Å². The zero-order valence-corrected chi connectivity index (χ0v) is 23.8. The lowest BCUT2D eigenvalue weighted by Gasteiger charge is -2.61. The molecule has 4 nitrogen and oxygen atoms in total. The fraction of sp³-hybridized carbons (Fsp3) is 0.938. The second-order valence-electron chi connectivity index (χ2n) is 12.6. The van der Waals surface area contributed by atoms with Crippen LogP contribution in [0.2, 0.25) is 0 Å². The molecule has 4 heteroatoms. The van der Waals surface area contributed by atoms with Gasteiger partial charge in [0.25, 0.3) is 0 Å². The molecule has 0 aromatic heterocycles. The quantitative estimate of drug-likeness (QED) is 0.139. The Balaban J connectivity index is 1.31. The summed E-state index contributed by atoms with van der Waals surface area (Å²) in [5, 5.41) is 0. The number of rotatable bonds is 22. The van der Waals surface area contributed by atoms with Crippen LogP contribution in [0.15, 0.2) is 0 Å². The lowest BCUT2D eigenvalue weighted by Crippen LogP contribution is -2.61. The van der Waals surface area contributed by atoms with Crippen LogP contribution in [0.25, 0.3) is 0 Å². The van der Waals surface area contributed by atoms with Crippen LogP contribution in [-0.4, -0.2) is 36.0 Å². The van der Waals surface area contributed by atoms with E-state index in [1.165, 1.54) is 70.6 Å². The first-order valence-electron chi connectivity index (χ1n) is 15.8. The van der Waals surface area contributed by atoms with Crippen LogP contribution in [0, 0.1) is 11.8 Å². The van der Waals surface area contributed by atoms with Gasteiger partial charge in [0, 0.05) is 45.3 Å². The zero-order chi connectivity index (χ0) is 25.7. The maximum absolute atomic E-state index is 12.1. The molecule has 0 unspecified atom stereocenters. The molecule has 0 atom stereocenters. The Hall–Kier alpha value is -0.740. The van der Waals surface area contributed by atoms with Gasteiger partial charge in [0.05, 0.1) is 11.2 Å². The van der Waals surface area contributed by atoms with Crippen molar-refractivity contribution < 1.29 is 19.1 Å². The molecule has 0 N–H and O–H groups in total. The van der Waals surface area contributed by atoms with Gasteiger partial charge in [-0.05, 0) is 82.5 Å². The molecule has 4 saturated carbocycles. The summed E-state index contributed by atoms with van der Waals surface area (Å²) in [6.07, 6.45) is 23.6. The number of hydrogen-bond donors (Lipinski definition) is 0. The van der Waals surface area contributed by atoms with Crippen LogP contribution in [-0.2, 0) is 19.1 Å². The number of carbonyl (C=O) groups is 2. The molecule has 4 aliphatic carbocycles. The molecule has 4 rings (SSSR count). The van der Waals surface area contributed by atoms with Gasteiger partial charge in [-0.3, -0.25) is 9.59 Å². The summed E-state index contributed by atoms with van der Waals surface area (Å²) in [7, 11) is 0. The highest BCUT2D eigenvalue weighted by molar-refractivity contribution is 5.78. The Morgan fingerprint density at radius 3 is 1.36 bits per heavy atom. The average molecular weight is 505 g/mol. The van der Waals surface area contributed by atoms with E-state index in [4.69, 9.17) is 9.47 Å². The minimum atomic E-state index is 0.0166. The van der Waals surface area contributed by atoms with Gasteiger partial charge in [-0.25, -0.2) is 0 Å². The van der Waals surface area contributed by atoms with Gasteiger partial charge in [0.15, 0.2) is 0 Å². The van der Waals surface area contributed by atoms with Crippen LogP contribution < -0.4 is 0 Å². The van der Waals surface area contributed by atoms with E-state index >= 15 is 0 Å². The van der Waals surface area contributed by atoms with Gasteiger partial charge in [-0.1, -0.05) is 52.4 Å². The van der Waals surface area contributed by atoms with E-state index in [-0.39, 0.29) is 11.2 Å². The molecule has 0 radical (unpaired) electrons. The molecule has 0 saturated heterocycles. The Bertz CT molecular complexity index is 591. The Morgan fingerprint density at radius 2 is 0.972 bits per heavy atom. The zero-order valence-electron chi connectivity index (χ0n) is 23.8. The highest BCUT2D eigenvalue weighted by Crippen LogP contribution is 2.60. The summed E-state index contributed by atoms with van der Waals surface area (Å²) in [5.74, 6) is 2.37. The highest BCUT2D eigenvalue weighted by atomic mass is 16.5. The van der Waals surface area contributed by atoms with Crippen molar-refractivity contribution in [3.05, 3.63) is 0 Å². The summed E-state index contributed by atoms with van der Waals surface area (Å²) in [4.78, 5) is 24.2. The third-order valence-corrected chi connectivity index (χ3v) is 9.09. The molecular formula is C32H56O4. The normalized spacial score (nSPS) is 28.6. The monoisotopic (exact) mass is 504 g/mol. The number of unbranched alkanes of at least 4 members (excludes halogenated alkanes) is 8. The summed E-state index contributed by atoms with van der Waals surface area (Å²) in [6, 6.07) is 0. The van der Waals surface area contributed by atoms with E-state index in [1.54, 1.807) is 0 Å². The molecule has 36 heavy (non-hydrogen) atoms. The second kappa shape index (κ2) is 15.6. The molecule has 4 bridgehead atoms. The predicted molar refractivity (Wildman–Crippen MR) is 147 cm³/mol. The first-order chi connectivity index (χ1) is 17.5. The molecule has 0 spiro atoms. The summed E-state index contributed by atoms with van der Waals surface area (Å²) >= 11 is 0. The van der Waals surface area contributed by atoms with E-state index in [0.29, 0.717) is 11.6 Å². The smallest absolute Gasteiger partial charge is 0.132 e. The summed E-state index contributed by atoms with van der Waals surface area (Å²) in [6.45, 7) is 6.00. The Labute approximate surface area is 222 Å². The predicted octanol–water partition coefficient (Wildman–Crippen LogP) is 8.53. The SMILES string of the molecule is CCCCCCC(=O)CCCCOC12CC3CC(C1)CC(OCCCCC(=O)CCCCCC)(C3)C2. The lowest BCUT2D eigenvalue weighted by atomic mass is 9.52. The lowest BCUT2D eigenvalue weighted by molar-refractivity contribution is -0.237. The number of ether oxygens (including phenoxy) is 2. The standard InChI is InChI=1S/C32H56O4/c1-3-5-7-9-15-29(33)17-11-13-19-35-31-22-27-21-28(23-31)25-32(24-27,26-31)36-20-14-12-18-30(34)16-10-8-6-4-2/h27-28H,3-26H2,1-2H3. The second-order valence-corrected chi connectivity index (χ2v) is 12.6. The topological polar surface area (TPSA) is 52.6 Å². The first kappa shape index (κ1) is 29.8. The molecule has 0 aromatic carbocycles. The van der Waals surface area contributed by atoms with Crippen LogP contribution in [0.3, 0.4) is 0 Å². The van der Waals surface area contributed by atoms with Gasteiger partial charge in [-0.2, -0.15) is 0 Å². The molecule has 0 aliphatic heterocycles. The van der Waals surface area contributed by atoms with E-state index in [2.05, 4.69) is 13.8 Å². The highest BCUT2D eigenvalue weighted by Gasteiger charge is 2.59. The van der Waals surface area contributed by atoms with Crippen molar-refractivity contribution in [2.75, 3.05) is 13.2 Å². The summed E-state index contributed by atoms with van der Waals surface area (Å²) < 4.78 is 13.3. The average Bonchev–Trinajstić information content (AvgIpc) is 2.83. The van der Waals surface area contributed by atoms with E-state index in [9.17, 15) is 9.59 Å². The van der Waals surface area contributed by atoms with E-state index in [0.717, 1.165) is 95.7 Å². The number of ketones is 2. The molecule has 0 amide bonds. The van der Waals surface area contributed by atoms with Gasteiger partial charge >= 0.3 is 0 Å². The maximum atomic E-state index is 12.1. The molecule has 0 heterocycles. The van der Waals surface area contributed by atoms with Gasteiger partial charge in [-0.15, -0.1) is 0 Å². The molecule has 4 fully saturated rings. The van der Waals surface area contributed by atoms with Gasteiger partial charge in [0.2, 0.25) is 0 Å². The van der Waals surface area contributed by atoms with Crippen molar-refractivity contribution >= 4 is 11.6 Å². The number of hydrogen-bond acceptors (Lipinski definition) is 4. The fourth-order valence-electron chi connectivity index (χ4n) is 7.61. The molecule has 0 aromatic rings. The van der Waals surface area contributed by atoms with Crippen LogP contribution in [0.1, 0.15) is 155 Å². The van der Waals surface area contributed by atoms with E-state index in [1.807, 2.05) is 0 Å². The fourth-order valence-corrected chi connectivity index (χ4v) is 7.61. The molecule has 208 valence electrons. The summed E-state index contributed by atoms with van der Waals surface area (Å²) in [5.41, 5.74) is 0.0331. The van der Waals surface area contributed by atoms with Crippen molar-refractivity contribution in [1.29, 1.82) is 0 Å². The van der Waals surface area contributed by atoms with Crippen molar-refractivity contribution in [3.8, 4) is 0 Å². The van der Waals surface area contributed by atoms with Crippen LogP contribution in [0.4, 0.5) is 0 Å². The van der Waals surface area contributed by atoms with Gasteiger partial charge in [0.1, 0.15) is 11.6 Å². The van der Waals surface area contributed by atoms with Gasteiger partial charge < -0.3 is 9.47 Å². The number of Topliss-reactive ketones (excluding diaryl/α,β-unsaturated/α-hetero) is 2. The minimum absolute atomic E-state index is 0.0166. The van der Waals surface area contributed by atoms with E-state index < -0.39 is 0 Å². The largest absolute Gasteiger partial charge is 0.375 e. The third-order valence-electron chi connectivity index (χ3n) is 9.09. The van der Waals surface area contributed by atoms with Crippen molar-refractivity contribution in [2.45, 2.75) is 166 Å². The Morgan fingerprint density at radius 1 is 0.583 bits per heavy atom. The maximum Gasteiger partial charge on any atom is 0.132 e. The minimum Gasteiger partial charge on any atom is -0.375 e. The number of carbonyl (C=O) groups excluding carboxylic acids is 2. The van der Waals surface area contributed by atoms with Crippen LogP contribution >= 0.6 is 0 Å². The molecular weight excluding hydrogens is 448 g/mol. The van der Waals surface area contributed by atoms with Crippen molar-refractivity contribution in [3.63, 3.8) is 0 Å². The van der Waals surface area contributed by atoms with Crippen molar-refractivity contribution in [2.24, 2.45) is 11.8 Å². The molecule has 4 aliphatic rings. The Kier molecular flexibility index (Phi) is 12.9. The van der Waals surface area contributed by atoms with Crippen molar-refractivity contribution in [1.82, 2.24) is 0 Å². The first-order valence-corrected chi connectivity index (χ1v) is 15.8. The third kappa shape index (κ3) is 9.86.